The van der Waals surface area contributed by atoms with Gasteiger partial charge in [-0.05, 0) is 68.2 Å². The van der Waals surface area contributed by atoms with Gasteiger partial charge in [-0.2, -0.15) is 0 Å². The third-order valence-corrected chi connectivity index (χ3v) is 6.74. The van der Waals surface area contributed by atoms with Crippen LogP contribution in [-0.4, -0.2) is 17.4 Å². The molecule has 1 aliphatic rings. The highest BCUT2D eigenvalue weighted by molar-refractivity contribution is 7.17. The summed E-state index contributed by atoms with van der Waals surface area (Å²) < 4.78 is 6.00. The van der Waals surface area contributed by atoms with Gasteiger partial charge in [0.25, 0.3) is 11.8 Å². The van der Waals surface area contributed by atoms with Crippen molar-refractivity contribution in [1.82, 2.24) is 0 Å². The summed E-state index contributed by atoms with van der Waals surface area (Å²) in [6.07, 6.45) is 5.04. The van der Waals surface area contributed by atoms with Gasteiger partial charge in [0.05, 0.1) is 5.56 Å². The number of nitrogens with two attached hydrogens (primary N) is 1. The Morgan fingerprint density at radius 2 is 1.63 bits per heavy atom. The summed E-state index contributed by atoms with van der Waals surface area (Å²) in [5.74, 6) is -0.164. The number of benzene rings is 1. The fourth-order valence-corrected chi connectivity index (χ4v) is 5.00. The van der Waals surface area contributed by atoms with Crippen molar-refractivity contribution in [3.05, 3.63) is 45.8 Å². The van der Waals surface area contributed by atoms with Crippen molar-refractivity contribution >= 4 is 28.2 Å². The number of primary amides is 1. The van der Waals surface area contributed by atoms with Crippen molar-refractivity contribution in [1.29, 1.82) is 0 Å². The van der Waals surface area contributed by atoms with E-state index in [-0.39, 0.29) is 11.3 Å². The Kier molecular flexibility index (Phi) is 6.27. The maximum atomic E-state index is 13.0. The fraction of sp³-hybridized carbons (Fsp3) is 0.500. The molecule has 2 aromatic rings. The number of aryl methyl sites for hydroxylation is 1. The summed E-state index contributed by atoms with van der Waals surface area (Å²) in [6, 6.07) is 7.81. The molecule has 162 valence electrons. The highest BCUT2D eigenvalue weighted by atomic mass is 32.1. The second kappa shape index (κ2) is 8.42. The molecule has 1 aromatic heterocycles. The van der Waals surface area contributed by atoms with Crippen molar-refractivity contribution in [2.24, 2.45) is 5.73 Å². The molecule has 3 rings (SSSR count). The Hall–Kier alpha value is -2.34. The van der Waals surface area contributed by atoms with E-state index >= 15 is 0 Å². The molecule has 0 spiro atoms. The average molecular weight is 429 g/mol. The lowest BCUT2D eigenvalue weighted by Gasteiger charge is -2.26. The molecule has 2 amide bonds. The predicted octanol–water partition coefficient (Wildman–Crippen LogP) is 5.21. The van der Waals surface area contributed by atoms with Crippen molar-refractivity contribution in [3.63, 3.8) is 0 Å². The standard InChI is InChI=1S/C24H32N2O3S/c1-23(2,3)15-11-13-16(14-12-15)29-24(4,5)22(28)26-21-19(20(25)27)17-9-7-6-8-10-18(17)30-21/h11-14H,6-10H2,1-5H3,(H2,25,27)(H,26,28). The molecule has 0 bridgehead atoms. The summed E-state index contributed by atoms with van der Waals surface area (Å²) >= 11 is 1.47. The first-order valence-corrected chi connectivity index (χ1v) is 11.4. The minimum atomic E-state index is -1.11. The van der Waals surface area contributed by atoms with E-state index in [4.69, 9.17) is 10.5 Å². The Morgan fingerprint density at radius 3 is 2.23 bits per heavy atom. The Bertz CT molecular complexity index is 937. The smallest absolute Gasteiger partial charge is 0.268 e. The quantitative estimate of drug-likeness (QED) is 0.642. The van der Waals surface area contributed by atoms with E-state index in [1.165, 1.54) is 16.9 Å². The zero-order valence-electron chi connectivity index (χ0n) is 18.6. The minimum Gasteiger partial charge on any atom is -0.478 e. The number of hydrogen-bond donors (Lipinski definition) is 2. The van der Waals surface area contributed by atoms with Crippen LogP contribution in [0.3, 0.4) is 0 Å². The molecule has 1 aromatic carbocycles. The second-order valence-corrected chi connectivity index (χ2v) is 10.6. The molecule has 3 N–H and O–H groups in total. The van der Waals surface area contributed by atoms with Crippen molar-refractivity contribution < 1.29 is 14.3 Å². The van der Waals surface area contributed by atoms with Gasteiger partial charge in [0.15, 0.2) is 5.60 Å². The van der Waals surface area contributed by atoms with Crippen LogP contribution in [0.4, 0.5) is 5.00 Å². The molecular weight excluding hydrogens is 396 g/mol. The first-order chi connectivity index (χ1) is 14.0. The number of fused-ring (bicyclic) bond motifs is 1. The van der Waals surface area contributed by atoms with E-state index in [0.29, 0.717) is 16.3 Å². The minimum absolute atomic E-state index is 0.0494. The van der Waals surface area contributed by atoms with Crippen molar-refractivity contribution in [2.45, 2.75) is 77.7 Å². The van der Waals surface area contributed by atoms with Crippen LogP contribution < -0.4 is 15.8 Å². The third-order valence-electron chi connectivity index (χ3n) is 5.53. The molecule has 1 aliphatic carbocycles. The van der Waals surface area contributed by atoms with Gasteiger partial charge in [0, 0.05) is 4.88 Å². The number of carbonyl (C=O) groups excluding carboxylic acids is 2. The monoisotopic (exact) mass is 428 g/mol. The van der Waals surface area contributed by atoms with E-state index in [1.807, 2.05) is 24.3 Å². The molecular formula is C24H32N2O3S. The van der Waals surface area contributed by atoms with E-state index in [0.717, 1.165) is 42.5 Å². The number of ether oxygens (including phenoxy) is 1. The largest absolute Gasteiger partial charge is 0.478 e. The summed E-state index contributed by atoms with van der Waals surface area (Å²) in [4.78, 5) is 26.3. The summed E-state index contributed by atoms with van der Waals surface area (Å²) in [5, 5.41) is 3.46. The van der Waals surface area contributed by atoms with E-state index in [9.17, 15) is 9.59 Å². The third kappa shape index (κ3) is 4.86. The lowest BCUT2D eigenvalue weighted by Crippen LogP contribution is -2.42. The number of amides is 2. The van der Waals surface area contributed by atoms with Gasteiger partial charge in [0.2, 0.25) is 0 Å². The zero-order chi connectivity index (χ0) is 22.1. The molecule has 0 unspecified atom stereocenters. The van der Waals surface area contributed by atoms with Crippen LogP contribution in [0.1, 0.15) is 80.2 Å². The number of carbonyl (C=O) groups is 2. The van der Waals surface area contributed by atoms with Crippen LogP contribution in [0.5, 0.6) is 5.75 Å². The van der Waals surface area contributed by atoms with Crippen LogP contribution in [0.2, 0.25) is 0 Å². The number of thiophene rings is 1. The van der Waals surface area contributed by atoms with Crippen molar-refractivity contribution in [3.8, 4) is 5.75 Å². The van der Waals surface area contributed by atoms with Gasteiger partial charge in [-0.15, -0.1) is 11.3 Å². The van der Waals surface area contributed by atoms with E-state index in [1.54, 1.807) is 13.8 Å². The molecule has 0 radical (unpaired) electrons. The van der Waals surface area contributed by atoms with Gasteiger partial charge in [-0.1, -0.05) is 39.3 Å². The Morgan fingerprint density at radius 1 is 1.00 bits per heavy atom. The molecule has 6 heteroatoms. The maximum absolute atomic E-state index is 13.0. The Labute approximate surface area is 183 Å². The molecule has 0 aliphatic heterocycles. The molecule has 0 saturated heterocycles. The normalized spacial score (nSPS) is 14.6. The topological polar surface area (TPSA) is 81.4 Å². The Balaban J connectivity index is 1.78. The predicted molar refractivity (Wildman–Crippen MR) is 123 cm³/mol. The van der Waals surface area contributed by atoms with Crippen molar-refractivity contribution in [2.75, 3.05) is 5.32 Å². The zero-order valence-corrected chi connectivity index (χ0v) is 19.4. The van der Waals surface area contributed by atoms with Gasteiger partial charge in [-0.25, -0.2) is 0 Å². The summed E-state index contributed by atoms with van der Waals surface area (Å²) in [7, 11) is 0. The SMILES string of the molecule is CC(C)(Oc1ccc(C(C)(C)C)cc1)C(=O)Nc1sc2c(c1C(N)=O)CCCCC2. The van der Waals surface area contributed by atoms with E-state index < -0.39 is 11.5 Å². The summed E-state index contributed by atoms with van der Waals surface area (Å²) in [6.45, 7) is 9.91. The number of anilines is 1. The first kappa shape index (κ1) is 22.3. The molecule has 0 fully saturated rings. The maximum Gasteiger partial charge on any atom is 0.268 e. The first-order valence-electron chi connectivity index (χ1n) is 10.5. The second-order valence-electron chi connectivity index (χ2n) is 9.47. The van der Waals surface area contributed by atoms with Gasteiger partial charge in [-0.3, -0.25) is 9.59 Å². The lowest BCUT2D eigenvalue weighted by molar-refractivity contribution is -0.128. The van der Waals surface area contributed by atoms with Crippen LogP contribution >= 0.6 is 11.3 Å². The molecule has 1 heterocycles. The van der Waals surface area contributed by atoms with E-state index in [2.05, 4.69) is 26.1 Å². The van der Waals surface area contributed by atoms with Crippen LogP contribution in [0.25, 0.3) is 0 Å². The number of rotatable bonds is 5. The van der Waals surface area contributed by atoms with Gasteiger partial charge >= 0.3 is 0 Å². The molecule has 0 saturated carbocycles. The van der Waals surface area contributed by atoms with Gasteiger partial charge < -0.3 is 15.8 Å². The highest BCUT2D eigenvalue weighted by Crippen LogP contribution is 2.38. The molecule has 30 heavy (non-hydrogen) atoms. The summed E-state index contributed by atoms with van der Waals surface area (Å²) in [5.41, 5.74) is 7.29. The number of nitrogens with one attached hydrogen (secondary N) is 1. The lowest BCUT2D eigenvalue weighted by atomic mass is 9.87. The average Bonchev–Trinajstić information content (AvgIpc) is 2.82. The van der Waals surface area contributed by atoms with Crippen LogP contribution in [0, 0.1) is 0 Å². The number of hydrogen-bond acceptors (Lipinski definition) is 4. The highest BCUT2D eigenvalue weighted by Gasteiger charge is 2.33. The fourth-order valence-electron chi connectivity index (χ4n) is 3.71. The van der Waals surface area contributed by atoms with Crippen LogP contribution in [-0.2, 0) is 23.1 Å². The molecule has 0 atom stereocenters. The molecule has 5 nitrogen and oxygen atoms in total. The van der Waals surface area contributed by atoms with Gasteiger partial charge in [0.1, 0.15) is 10.8 Å². The van der Waals surface area contributed by atoms with Crippen LogP contribution in [0.15, 0.2) is 24.3 Å².